The third-order valence-corrected chi connectivity index (χ3v) is 2.25. The van der Waals surface area contributed by atoms with Crippen molar-refractivity contribution in [1.82, 2.24) is 15.5 Å². The lowest BCUT2D eigenvalue weighted by atomic mass is 10.3. The van der Waals surface area contributed by atoms with Gasteiger partial charge in [0.05, 0.1) is 6.17 Å². The molecule has 13 heavy (non-hydrogen) atoms. The van der Waals surface area contributed by atoms with Gasteiger partial charge in [0.15, 0.2) is 0 Å². The van der Waals surface area contributed by atoms with E-state index in [1.807, 2.05) is 7.05 Å². The summed E-state index contributed by atoms with van der Waals surface area (Å²) < 4.78 is 0. The van der Waals surface area contributed by atoms with Gasteiger partial charge in [-0.15, -0.1) is 0 Å². The molecule has 0 aliphatic carbocycles. The van der Waals surface area contributed by atoms with Crippen molar-refractivity contribution < 1.29 is 4.79 Å². The number of carbonyl (C=O) groups is 1. The Morgan fingerprint density at radius 1 is 1.69 bits per heavy atom. The number of nitrogens with one attached hydrogen (secondary N) is 2. The molecule has 0 aromatic heterocycles. The van der Waals surface area contributed by atoms with E-state index in [-0.39, 0.29) is 12.2 Å². The van der Waals surface area contributed by atoms with Gasteiger partial charge in [-0.1, -0.05) is 0 Å². The summed E-state index contributed by atoms with van der Waals surface area (Å²) in [5, 5.41) is 5.56. The minimum atomic E-state index is -0.121. The maximum Gasteiger partial charge on any atom is 0.316 e. The smallest absolute Gasteiger partial charge is 0.316 e. The van der Waals surface area contributed by atoms with Crippen LogP contribution in [0.15, 0.2) is 0 Å². The van der Waals surface area contributed by atoms with E-state index in [9.17, 15) is 4.79 Å². The number of hydrogen-bond acceptors (Lipinski definition) is 3. The summed E-state index contributed by atoms with van der Waals surface area (Å²) in [6.07, 6.45) is 2.38. The van der Waals surface area contributed by atoms with Gasteiger partial charge in [0.1, 0.15) is 0 Å². The standard InChI is InChI=1S/C8H18N4O/c1-12-6-2-3-7(12)11-8(13)10-5-4-9/h7H,2-6,9H2,1H3,(H2,10,11,13). The maximum atomic E-state index is 11.2. The lowest BCUT2D eigenvalue weighted by molar-refractivity contribution is 0.217. The number of amides is 2. The van der Waals surface area contributed by atoms with Crippen molar-refractivity contribution in [2.45, 2.75) is 19.0 Å². The molecule has 1 aliphatic rings. The molecule has 0 saturated carbocycles. The second-order valence-electron chi connectivity index (χ2n) is 3.33. The Balaban J connectivity index is 2.19. The fourth-order valence-electron chi connectivity index (χ4n) is 1.48. The van der Waals surface area contributed by atoms with Crippen molar-refractivity contribution in [1.29, 1.82) is 0 Å². The Morgan fingerprint density at radius 3 is 3.00 bits per heavy atom. The van der Waals surface area contributed by atoms with Crippen LogP contribution in [0, 0.1) is 0 Å². The van der Waals surface area contributed by atoms with E-state index in [4.69, 9.17) is 5.73 Å². The van der Waals surface area contributed by atoms with Gasteiger partial charge in [0.2, 0.25) is 0 Å². The van der Waals surface area contributed by atoms with Gasteiger partial charge in [0, 0.05) is 13.1 Å². The van der Waals surface area contributed by atoms with Crippen molar-refractivity contribution in [3.05, 3.63) is 0 Å². The zero-order valence-electron chi connectivity index (χ0n) is 8.05. The van der Waals surface area contributed by atoms with Crippen LogP contribution in [0.5, 0.6) is 0 Å². The molecule has 1 fully saturated rings. The molecule has 76 valence electrons. The zero-order valence-corrected chi connectivity index (χ0v) is 8.05. The summed E-state index contributed by atoms with van der Waals surface area (Å²) in [5.74, 6) is 0. The zero-order chi connectivity index (χ0) is 9.68. The lowest BCUT2D eigenvalue weighted by Gasteiger charge is -2.20. The molecule has 1 rings (SSSR count). The van der Waals surface area contributed by atoms with Crippen molar-refractivity contribution in [2.75, 3.05) is 26.7 Å². The Kier molecular flexibility index (Phi) is 3.98. The van der Waals surface area contributed by atoms with Gasteiger partial charge in [-0.05, 0) is 26.4 Å². The molecule has 0 bridgehead atoms. The molecule has 4 N–H and O–H groups in total. The van der Waals surface area contributed by atoms with Crippen LogP contribution >= 0.6 is 0 Å². The van der Waals surface area contributed by atoms with Gasteiger partial charge in [0.25, 0.3) is 0 Å². The largest absolute Gasteiger partial charge is 0.337 e. The first-order valence-corrected chi connectivity index (χ1v) is 4.68. The predicted octanol–water partition coefficient (Wildman–Crippen LogP) is -0.704. The topological polar surface area (TPSA) is 70.4 Å². The highest BCUT2D eigenvalue weighted by molar-refractivity contribution is 5.74. The van der Waals surface area contributed by atoms with E-state index in [1.54, 1.807) is 0 Å². The summed E-state index contributed by atoms with van der Waals surface area (Å²) in [5.41, 5.74) is 5.26. The molecule has 0 aromatic carbocycles. The fourth-order valence-corrected chi connectivity index (χ4v) is 1.48. The number of nitrogens with zero attached hydrogens (tertiary/aromatic N) is 1. The third kappa shape index (κ3) is 3.20. The second-order valence-corrected chi connectivity index (χ2v) is 3.33. The first-order chi connectivity index (χ1) is 6.24. The Labute approximate surface area is 78.6 Å². The van der Waals surface area contributed by atoms with Crippen molar-refractivity contribution in [3.8, 4) is 0 Å². The maximum absolute atomic E-state index is 11.2. The SMILES string of the molecule is CN1CCCC1NC(=O)NCCN. The molecule has 5 nitrogen and oxygen atoms in total. The molecule has 1 unspecified atom stereocenters. The summed E-state index contributed by atoms with van der Waals surface area (Å²) in [7, 11) is 2.01. The van der Waals surface area contributed by atoms with Crippen LogP contribution in [-0.2, 0) is 0 Å². The highest BCUT2D eigenvalue weighted by Crippen LogP contribution is 2.11. The van der Waals surface area contributed by atoms with E-state index in [0.29, 0.717) is 13.1 Å². The average molecular weight is 186 g/mol. The third-order valence-electron chi connectivity index (χ3n) is 2.25. The van der Waals surface area contributed by atoms with Crippen molar-refractivity contribution >= 4 is 6.03 Å². The predicted molar refractivity (Wildman–Crippen MR) is 51.2 cm³/mol. The van der Waals surface area contributed by atoms with Crippen LogP contribution in [0.2, 0.25) is 0 Å². The number of urea groups is 1. The molecule has 1 aliphatic heterocycles. The Morgan fingerprint density at radius 2 is 2.46 bits per heavy atom. The van der Waals surface area contributed by atoms with Crippen LogP contribution in [-0.4, -0.2) is 43.8 Å². The van der Waals surface area contributed by atoms with Crippen molar-refractivity contribution in [3.63, 3.8) is 0 Å². The van der Waals surface area contributed by atoms with Crippen molar-refractivity contribution in [2.24, 2.45) is 5.73 Å². The molecular formula is C8H18N4O. The number of hydrogen-bond donors (Lipinski definition) is 3. The minimum absolute atomic E-state index is 0.121. The first kappa shape index (κ1) is 10.3. The molecule has 1 atom stereocenters. The fraction of sp³-hybridized carbons (Fsp3) is 0.875. The Bertz CT molecular complexity index is 174. The monoisotopic (exact) mass is 186 g/mol. The molecule has 1 heterocycles. The Hall–Kier alpha value is -0.810. The van der Waals surface area contributed by atoms with Gasteiger partial charge in [-0.2, -0.15) is 0 Å². The van der Waals surface area contributed by atoms with Crippen LogP contribution in [0.4, 0.5) is 4.79 Å². The second kappa shape index (κ2) is 5.04. The summed E-state index contributed by atoms with van der Waals surface area (Å²) in [4.78, 5) is 13.3. The van der Waals surface area contributed by atoms with Crippen LogP contribution in [0.3, 0.4) is 0 Å². The number of rotatable bonds is 3. The number of carbonyl (C=O) groups excluding carboxylic acids is 1. The number of nitrogens with two attached hydrogens (primary N) is 1. The first-order valence-electron chi connectivity index (χ1n) is 4.68. The van der Waals surface area contributed by atoms with Gasteiger partial charge in [-0.25, -0.2) is 4.79 Å². The summed E-state index contributed by atoms with van der Waals surface area (Å²) in [6, 6.07) is -0.121. The highest BCUT2D eigenvalue weighted by Gasteiger charge is 2.21. The molecule has 0 spiro atoms. The van der Waals surface area contributed by atoms with Gasteiger partial charge < -0.3 is 16.4 Å². The van der Waals surface area contributed by atoms with E-state index < -0.39 is 0 Å². The number of likely N-dealkylation sites (tertiary alicyclic amines) is 1. The highest BCUT2D eigenvalue weighted by atomic mass is 16.2. The lowest BCUT2D eigenvalue weighted by Crippen LogP contribution is -2.47. The molecule has 0 aromatic rings. The minimum Gasteiger partial charge on any atom is -0.337 e. The average Bonchev–Trinajstić information content (AvgIpc) is 2.48. The van der Waals surface area contributed by atoms with E-state index >= 15 is 0 Å². The summed E-state index contributed by atoms with van der Waals surface area (Å²) in [6.45, 7) is 2.07. The quantitative estimate of drug-likeness (QED) is 0.545. The van der Waals surface area contributed by atoms with E-state index in [2.05, 4.69) is 15.5 Å². The molecule has 2 amide bonds. The summed E-state index contributed by atoms with van der Waals surface area (Å²) >= 11 is 0. The normalized spacial score (nSPS) is 23.1. The van der Waals surface area contributed by atoms with Crippen LogP contribution in [0.1, 0.15) is 12.8 Å². The molecule has 5 heteroatoms. The molecule has 0 radical (unpaired) electrons. The van der Waals surface area contributed by atoms with Gasteiger partial charge in [-0.3, -0.25) is 4.90 Å². The van der Waals surface area contributed by atoms with Gasteiger partial charge >= 0.3 is 6.03 Å². The molecular weight excluding hydrogens is 168 g/mol. The molecule has 1 saturated heterocycles. The van der Waals surface area contributed by atoms with E-state index in [0.717, 1.165) is 19.4 Å². The van der Waals surface area contributed by atoms with Crippen LogP contribution < -0.4 is 16.4 Å². The van der Waals surface area contributed by atoms with Crippen LogP contribution in [0.25, 0.3) is 0 Å². The van der Waals surface area contributed by atoms with E-state index in [1.165, 1.54) is 0 Å².